The predicted molar refractivity (Wildman–Crippen MR) is 88.9 cm³/mol. The van der Waals surface area contributed by atoms with Crippen LogP contribution in [-0.4, -0.2) is 28.4 Å². The van der Waals surface area contributed by atoms with Crippen LogP contribution < -0.4 is 0 Å². The van der Waals surface area contributed by atoms with Crippen molar-refractivity contribution < 1.29 is 19.1 Å². The van der Waals surface area contributed by atoms with Crippen LogP contribution in [0.3, 0.4) is 0 Å². The number of allylic oxidation sites excluding steroid dienone is 1. The van der Waals surface area contributed by atoms with E-state index in [0.717, 1.165) is 19.3 Å². The molecule has 128 valence electrons. The van der Waals surface area contributed by atoms with E-state index in [0.29, 0.717) is 24.7 Å². The highest BCUT2D eigenvalue weighted by Gasteiger charge is 2.38. The van der Waals surface area contributed by atoms with Crippen molar-refractivity contribution in [3.8, 4) is 0 Å². The Labute approximate surface area is 138 Å². The molecule has 5 nitrogen and oxygen atoms in total. The number of Topliss-reactive ketones (excluding diaryl/α,β-unsaturated/α-hetero) is 1. The standard InChI is InChI=1S/C18H28N2O3/c1-5-6-7-8-15(21)17(20-19)18(22)23-16-11-13(4)9-10-14(16)12(2)3/h5,12-14,16H,1,6-11H2,2-4H3/t13-,14+,16+/m1/s1. The molecule has 1 rings (SSSR count). The molecule has 0 bridgehead atoms. The molecule has 5 heteroatoms. The summed E-state index contributed by atoms with van der Waals surface area (Å²) in [6.07, 6.45) is 5.81. The van der Waals surface area contributed by atoms with Gasteiger partial charge in [-0.2, -0.15) is 4.79 Å². The number of hydrogen-bond donors (Lipinski definition) is 0. The van der Waals surface area contributed by atoms with Gasteiger partial charge in [-0.3, -0.25) is 4.79 Å². The summed E-state index contributed by atoms with van der Waals surface area (Å²) >= 11 is 0. The fourth-order valence-electron chi connectivity index (χ4n) is 3.18. The number of ketones is 1. The summed E-state index contributed by atoms with van der Waals surface area (Å²) < 4.78 is 5.55. The summed E-state index contributed by atoms with van der Waals surface area (Å²) in [4.78, 5) is 27.1. The van der Waals surface area contributed by atoms with Gasteiger partial charge in [-0.25, -0.2) is 4.79 Å². The van der Waals surface area contributed by atoms with E-state index in [4.69, 9.17) is 10.3 Å². The summed E-state index contributed by atoms with van der Waals surface area (Å²) in [6.45, 7) is 9.95. The Balaban J connectivity index is 2.72. The predicted octanol–water partition coefficient (Wildman–Crippen LogP) is 3.59. The highest BCUT2D eigenvalue weighted by molar-refractivity contribution is 6.62. The summed E-state index contributed by atoms with van der Waals surface area (Å²) in [5.41, 5.74) is 8.54. The number of ether oxygens (including phenoxy) is 1. The lowest BCUT2D eigenvalue weighted by molar-refractivity contribution is -0.153. The molecule has 1 aliphatic rings. The van der Waals surface area contributed by atoms with Crippen molar-refractivity contribution in [3.05, 3.63) is 18.2 Å². The van der Waals surface area contributed by atoms with Gasteiger partial charge >= 0.3 is 11.7 Å². The Morgan fingerprint density at radius 3 is 2.65 bits per heavy atom. The van der Waals surface area contributed by atoms with Gasteiger partial charge in [0.1, 0.15) is 6.10 Å². The minimum atomic E-state index is -0.805. The van der Waals surface area contributed by atoms with E-state index in [1.54, 1.807) is 6.08 Å². The lowest BCUT2D eigenvalue weighted by Gasteiger charge is -2.36. The van der Waals surface area contributed by atoms with Crippen LogP contribution in [0.4, 0.5) is 0 Å². The second-order valence-electron chi connectivity index (χ2n) is 6.82. The van der Waals surface area contributed by atoms with Gasteiger partial charge in [0.05, 0.1) is 0 Å². The number of esters is 1. The zero-order valence-electron chi connectivity index (χ0n) is 14.5. The molecule has 3 atom stereocenters. The van der Waals surface area contributed by atoms with Gasteiger partial charge in [0, 0.05) is 6.42 Å². The van der Waals surface area contributed by atoms with Gasteiger partial charge in [-0.1, -0.05) is 33.3 Å². The van der Waals surface area contributed by atoms with Crippen molar-refractivity contribution in [1.29, 1.82) is 0 Å². The second-order valence-corrected chi connectivity index (χ2v) is 6.82. The van der Waals surface area contributed by atoms with Gasteiger partial charge in [0.25, 0.3) is 5.78 Å². The first-order chi connectivity index (χ1) is 10.9. The highest BCUT2D eigenvalue weighted by atomic mass is 16.5. The molecule has 0 aliphatic heterocycles. The fourth-order valence-corrected chi connectivity index (χ4v) is 3.18. The van der Waals surface area contributed by atoms with Crippen molar-refractivity contribution in [3.63, 3.8) is 0 Å². The molecule has 0 spiro atoms. The Morgan fingerprint density at radius 1 is 1.39 bits per heavy atom. The summed E-state index contributed by atoms with van der Waals surface area (Å²) in [5.74, 6) is -0.116. The summed E-state index contributed by atoms with van der Waals surface area (Å²) in [5, 5.41) is 0. The molecule has 1 aliphatic carbocycles. The average molecular weight is 320 g/mol. The number of hydrogen-bond acceptors (Lipinski definition) is 3. The molecule has 23 heavy (non-hydrogen) atoms. The van der Waals surface area contributed by atoms with Crippen molar-refractivity contribution in [2.45, 2.75) is 65.4 Å². The molecule has 0 aromatic heterocycles. The van der Waals surface area contributed by atoms with Crippen LogP contribution >= 0.6 is 0 Å². The summed E-state index contributed by atoms with van der Waals surface area (Å²) in [7, 11) is 0. The Hall–Kier alpha value is -1.74. The lowest BCUT2D eigenvalue weighted by atomic mass is 9.75. The van der Waals surface area contributed by atoms with Gasteiger partial charge in [0.15, 0.2) is 0 Å². The maximum atomic E-state index is 12.2. The first kappa shape index (κ1) is 19.3. The Kier molecular flexibility index (Phi) is 7.90. The van der Waals surface area contributed by atoms with Crippen LogP contribution in [0.15, 0.2) is 12.7 Å². The van der Waals surface area contributed by atoms with Gasteiger partial charge in [0.2, 0.25) is 0 Å². The molecule has 0 saturated heterocycles. The number of unbranched alkanes of at least 4 members (excludes halogenated alkanes) is 1. The van der Waals surface area contributed by atoms with E-state index in [9.17, 15) is 9.59 Å². The van der Waals surface area contributed by atoms with Crippen molar-refractivity contribution >= 4 is 17.5 Å². The number of carbonyl (C=O) groups is 2. The quantitative estimate of drug-likeness (QED) is 0.130. The first-order valence-corrected chi connectivity index (χ1v) is 8.47. The Bertz CT molecular complexity index is 492. The molecule has 0 unspecified atom stereocenters. The van der Waals surface area contributed by atoms with Crippen LogP contribution in [0.2, 0.25) is 0 Å². The van der Waals surface area contributed by atoms with Crippen molar-refractivity contribution in [2.75, 3.05) is 0 Å². The van der Waals surface area contributed by atoms with Crippen LogP contribution in [0.5, 0.6) is 0 Å². The number of nitrogens with zero attached hydrogens (tertiary/aromatic N) is 2. The molecule has 0 aromatic rings. The smallest absolute Gasteiger partial charge is 0.441 e. The second kappa shape index (κ2) is 9.41. The van der Waals surface area contributed by atoms with Crippen LogP contribution in [-0.2, 0) is 14.3 Å². The fraction of sp³-hybridized carbons (Fsp3) is 0.722. The van der Waals surface area contributed by atoms with Crippen LogP contribution in [0.25, 0.3) is 5.53 Å². The zero-order valence-corrected chi connectivity index (χ0v) is 14.5. The number of carbonyl (C=O) groups excluding carboxylic acids is 2. The monoisotopic (exact) mass is 320 g/mol. The third kappa shape index (κ3) is 5.76. The van der Waals surface area contributed by atoms with Crippen molar-refractivity contribution in [1.82, 2.24) is 0 Å². The van der Waals surface area contributed by atoms with Crippen molar-refractivity contribution in [2.24, 2.45) is 17.8 Å². The maximum Gasteiger partial charge on any atom is 0.441 e. The molecule has 1 fully saturated rings. The number of rotatable bonds is 8. The van der Waals surface area contributed by atoms with Gasteiger partial charge in [-0.15, -0.1) is 6.58 Å². The molecule has 0 radical (unpaired) electrons. The Morgan fingerprint density at radius 2 is 2.09 bits per heavy atom. The SMILES string of the molecule is C=CCCCC(=O)C(=[N+]=[N-])C(=O)O[C@H]1C[C@H](C)CC[C@H]1C(C)C. The molecule has 0 heterocycles. The molecular formula is C18H28N2O3. The van der Waals surface area contributed by atoms with Gasteiger partial charge in [-0.05, 0) is 43.4 Å². The molecule has 0 aromatic carbocycles. The lowest BCUT2D eigenvalue weighted by Crippen LogP contribution is -2.39. The summed E-state index contributed by atoms with van der Waals surface area (Å²) in [6, 6.07) is 0. The van der Waals surface area contributed by atoms with Crippen LogP contribution in [0, 0.1) is 17.8 Å². The maximum absolute atomic E-state index is 12.2. The molecule has 0 N–H and O–H groups in total. The first-order valence-electron chi connectivity index (χ1n) is 8.47. The largest absolute Gasteiger partial charge is 0.453 e. The average Bonchev–Trinajstić information content (AvgIpc) is 2.48. The van der Waals surface area contributed by atoms with E-state index in [1.807, 2.05) is 0 Å². The van der Waals surface area contributed by atoms with E-state index in [-0.39, 0.29) is 18.4 Å². The van der Waals surface area contributed by atoms with E-state index >= 15 is 0 Å². The third-order valence-electron chi connectivity index (χ3n) is 4.59. The topological polar surface area (TPSA) is 79.8 Å². The zero-order chi connectivity index (χ0) is 17.4. The molecule has 0 amide bonds. The minimum absolute atomic E-state index is 0.148. The third-order valence-corrected chi connectivity index (χ3v) is 4.59. The molecule has 1 saturated carbocycles. The minimum Gasteiger partial charge on any atom is -0.453 e. The molecular weight excluding hydrogens is 292 g/mol. The van der Waals surface area contributed by atoms with E-state index in [1.165, 1.54) is 0 Å². The van der Waals surface area contributed by atoms with Crippen LogP contribution in [0.1, 0.15) is 59.3 Å². The highest BCUT2D eigenvalue weighted by Crippen LogP contribution is 2.35. The van der Waals surface area contributed by atoms with E-state index in [2.05, 4.69) is 32.1 Å². The van der Waals surface area contributed by atoms with E-state index < -0.39 is 17.5 Å². The van der Waals surface area contributed by atoms with Gasteiger partial charge < -0.3 is 10.3 Å². The normalized spacial score (nSPS) is 23.9.